The van der Waals surface area contributed by atoms with Crippen LogP contribution in [0.5, 0.6) is 0 Å². The lowest BCUT2D eigenvalue weighted by molar-refractivity contribution is -0.231. The number of benzene rings is 1. The van der Waals surface area contributed by atoms with Crippen LogP contribution in [0.1, 0.15) is 31.2 Å². The lowest BCUT2D eigenvalue weighted by atomic mass is 9.91. The molecule has 1 saturated heterocycles. The van der Waals surface area contributed by atoms with Crippen LogP contribution in [-0.4, -0.2) is 50.6 Å². The van der Waals surface area contributed by atoms with E-state index in [0.29, 0.717) is 41.0 Å². The van der Waals surface area contributed by atoms with Gasteiger partial charge in [0.05, 0.1) is 60.4 Å². The molecule has 4 heterocycles. The van der Waals surface area contributed by atoms with Gasteiger partial charge < -0.3 is 25.1 Å². The number of carbonyl (C=O) groups is 1. The van der Waals surface area contributed by atoms with Gasteiger partial charge in [0.2, 0.25) is 18.1 Å². The molecule has 0 unspecified atom stereocenters. The highest BCUT2D eigenvalue weighted by Crippen LogP contribution is 2.35. The number of aromatic nitrogens is 5. The summed E-state index contributed by atoms with van der Waals surface area (Å²) in [4.78, 5) is 33.9. The quantitative estimate of drug-likeness (QED) is 0.269. The molecule has 1 aliphatic heterocycles. The summed E-state index contributed by atoms with van der Waals surface area (Å²) in [6.45, 7) is 2.62. The van der Waals surface area contributed by atoms with Gasteiger partial charge in [-0.05, 0) is 49.4 Å². The predicted molar refractivity (Wildman–Crippen MR) is 143 cm³/mol. The van der Waals surface area contributed by atoms with Crippen LogP contribution in [0, 0.1) is 22.6 Å². The molecule has 12 heteroatoms. The molecular formula is C28H27FN8O3. The topological polar surface area (TPSA) is 151 Å². The first-order valence-corrected chi connectivity index (χ1v) is 12.7. The number of anilines is 1. The molecule has 11 nitrogen and oxygen atoms in total. The van der Waals surface area contributed by atoms with E-state index in [4.69, 9.17) is 19.7 Å². The van der Waals surface area contributed by atoms with Crippen LogP contribution >= 0.6 is 0 Å². The van der Waals surface area contributed by atoms with Crippen LogP contribution in [0.4, 0.5) is 10.3 Å². The van der Waals surface area contributed by atoms with E-state index >= 15 is 0 Å². The van der Waals surface area contributed by atoms with E-state index in [9.17, 15) is 9.18 Å². The third-order valence-electron chi connectivity index (χ3n) is 6.31. The van der Waals surface area contributed by atoms with Crippen LogP contribution in [-0.2, 0) is 20.8 Å². The molecule has 3 aromatic heterocycles. The SMILES string of the molecule is CC1(C(=O)NCCC#N)COC(c2nc(-c3ccc(F)cc3)c(-c3ccnc(NCc4ccccn4)n3)[nH]2)OC1. The number of hydrogen-bond acceptors (Lipinski definition) is 9. The third-order valence-corrected chi connectivity index (χ3v) is 6.31. The van der Waals surface area contributed by atoms with Crippen molar-refractivity contribution in [3.8, 4) is 28.7 Å². The van der Waals surface area contributed by atoms with E-state index in [-0.39, 0.29) is 37.9 Å². The van der Waals surface area contributed by atoms with Crippen molar-refractivity contribution < 1.29 is 18.7 Å². The number of pyridine rings is 1. The number of carbonyl (C=O) groups excluding carboxylic acids is 1. The van der Waals surface area contributed by atoms with Gasteiger partial charge >= 0.3 is 0 Å². The lowest BCUT2D eigenvalue weighted by Gasteiger charge is -2.35. The fraction of sp³-hybridized carbons (Fsp3) is 0.286. The highest BCUT2D eigenvalue weighted by atomic mass is 19.1. The maximum atomic E-state index is 13.7. The first-order chi connectivity index (χ1) is 19.4. The van der Waals surface area contributed by atoms with Crippen molar-refractivity contribution in [1.82, 2.24) is 30.2 Å². The van der Waals surface area contributed by atoms with Crippen LogP contribution < -0.4 is 10.6 Å². The first kappa shape index (κ1) is 26.9. The molecule has 0 aliphatic carbocycles. The summed E-state index contributed by atoms with van der Waals surface area (Å²) in [5.41, 5.74) is 2.23. The van der Waals surface area contributed by atoms with E-state index < -0.39 is 11.7 Å². The molecule has 0 atom stereocenters. The summed E-state index contributed by atoms with van der Waals surface area (Å²) in [6.07, 6.45) is 2.70. The number of hydrogen-bond donors (Lipinski definition) is 3. The minimum Gasteiger partial charge on any atom is -0.354 e. The summed E-state index contributed by atoms with van der Waals surface area (Å²) in [6, 6.07) is 15.4. The zero-order chi connectivity index (χ0) is 28.0. The minimum absolute atomic E-state index is 0.0903. The standard InChI is InChI=1S/C28H27FN8O3/c1-28(26(38)32-13-4-11-30)16-39-25(40-17-28)24-36-22(18-6-8-19(29)9-7-18)23(37-24)21-10-14-33-27(35-21)34-15-20-5-2-3-12-31-20/h2-3,5-10,12,14,25H,4,13,15-17H2,1H3,(H,32,38)(H,36,37)(H,33,34,35). The molecule has 1 aliphatic rings. The fourth-order valence-corrected chi connectivity index (χ4v) is 4.10. The Balaban J connectivity index is 1.39. The number of nitrogens with zero attached hydrogens (tertiary/aromatic N) is 5. The third kappa shape index (κ3) is 6.12. The smallest absolute Gasteiger partial charge is 0.230 e. The molecule has 40 heavy (non-hydrogen) atoms. The zero-order valence-electron chi connectivity index (χ0n) is 21.7. The van der Waals surface area contributed by atoms with Gasteiger partial charge in [-0.1, -0.05) is 6.07 Å². The Labute approximate surface area is 229 Å². The Morgan fingerprint density at radius 1 is 1.12 bits per heavy atom. The van der Waals surface area contributed by atoms with E-state index in [1.54, 1.807) is 37.5 Å². The van der Waals surface area contributed by atoms with Crippen molar-refractivity contribution in [2.75, 3.05) is 25.1 Å². The van der Waals surface area contributed by atoms with Crippen molar-refractivity contribution in [2.45, 2.75) is 26.2 Å². The average molecular weight is 543 g/mol. The van der Waals surface area contributed by atoms with Gasteiger partial charge in [-0.2, -0.15) is 5.26 Å². The maximum absolute atomic E-state index is 13.7. The number of nitriles is 1. The number of aromatic amines is 1. The number of halogens is 1. The first-order valence-electron chi connectivity index (χ1n) is 12.7. The van der Waals surface area contributed by atoms with E-state index in [1.807, 2.05) is 24.3 Å². The Kier molecular flexibility index (Phi) is 8.04. The largest absolute Gasteiger partial charge is 0.354 e. The number of ether oxygens (including phenoxy) is 2. The van der Waals surface area contributed by atoms with Gasteiger partial charge in [0.25, 0.3) is 0 Å². The maximum Gasteiger partial charge on any atom is 0.230 e. The van der Waals surface area contributed by atoms with Gasteiger partial charge in [-0.15, -0.1) is 0 Å². The molecule has 3 N–H and O–H groups in total. The van der Waals surface area contributed by atoms with Crippen LogP contribution in [0.3, 0.4) is 0 Å². The van der Waals surface area contributed by atoms with E-state index in [2.05, 4.69) is 30.6 Å². The van der Waals surface area contributed by atoms with Gasteiger partial charge in [0.15, 0.2) is 5.82 Å². The number of rotatable bonds is 9. The normalized spacial score (nSPS) is 18.6. The zero-order valence-corrected chi connectivity index (χ0v) is 21.7. The molecule has 0 spiro atoms. The lowest BCUT2D eigenvalue weighted by Crippen LogP contribution is -2.48. The number of nitrogens with one attached hydrogen (secondary N) is 3. The molecule has 0 radical (unpaired) electrons. The molecule has 1 aromatic carbocycles. The van der Waals surface area contributed by atoms with Crippen LogP contribution in [0.2, 0.25) is 0 Å². The second-order valence-corrected chi connectivity index (χ2v) is 9.47. The highest BCUT2D eigenvalue weighted by molar-refractivity contribution is 5.82. The summed E-state index contributed by atoms with van der Waals surface area (Å²) in [5, 5.41) is 14.6. The number of imidazole rings is 1. The van der Waals surface area contributed by atoms with Gasteiger partial charge in [0.1, 0.15) is 5.82 Å². The van der Waals surface area contributed by atoms with Gasteiger partial charge in [-0.3, -0.25) is 9.78 Å². The van der Waals surface area contributed by atoms with Crippen LogP contribution in [0.15, 0.2) is 60.9 Å². The van der Waals surface area contributed by atoms with Crippen molar-refractivity contribution in [3.63, 3.8) is 0 Å². The second-order valence-electron chi connectivity index (χ2n) is 9.47. The molecule has 0 bridgehead atoms. The molecule has 204 valence electrons. The summed E-state index contributed by atoms with van der Waals surface area (Å²) in [5.74, 6) is 0.158. The average Bonchev–Trinajstić information content (AvgIpc) is 3.43. The van der Waals surface area contributed by atoms with E-state index in [1.165, 1.54) is 12.1 Å². The molecule has 0 saturated carbocycles. The second kappa shape index (κ2) is 12.0. The summed E-state index contributed by atoms with van der Waals surface area (Å²) < 4.78 is 25.5. The van der Waals surface area contributed by atoms with Gasteiger partial charge in [0, 0.05) is 24.5 Å². The predicted octanol–water partition coefficient (Wildman–Crippen LogP) is 3.76. The number of amides is 1. The van der Waals surface area contributed by atoms with E-state index in [0.717, 1.165) is 5.69 Å². The molecule has 1 fully saturated rings. The fourth-order valence-electron chi connectivity index (χ4n) is 4.10. The monoisotopic (exact) mass is 542 g/mol. The summed E-state index contributed by atoms with van der Waals surface area (Å²) >= 11 is 0. The van der Waals surface area contributed by atoms with Crippen molar-refractivity contribution in [1.29, 1.82) is 5.26 Å². The summed E-state index contributed by atoms with van der Waals surface area (Å²) in [7, 11) is 0. The molecular weight excluding hydrogens is 515 g/mol. The number of H-pyrrole nitrogens is 1. The minimum atomic E-state index is -0.915. The molecule has 4 aromatic rings. The Hall–Kier alpha value is -4.73. The Morgan fingerprint density at radius 3 is 2.65 bits per heavy atom. The van der Waals surface area contributed by atoms with Crippen molar-refractivity contribution in [2.24, 2.45) is 5.41 Å². The van der Waals surface area contributed by atoms with Crippen LogP contribution in [0.25, 0.3) is 22.6 Å². The Morgan fingerprint density at radius 2 is 1.93 bits per heavy atom. The van der Waals surface area contributed by atoms with Gasteiger partial charge in [-0.25, -0.2) is 19.3 Å². The highest BCUT2D eigenvalue weighted by Gasteiger charge is 2.40. The molecule has 1 amide bonds. The Bertz CT molecular complexity index is 1500. The molecule has 5 rings (SSSR count). The van der Waals surface area contributed by atoms with Crippen molar-refractivity contribution in [3.05, 3.63) is 78.3 Å². The van der Waals surface area contributed by atoms with Crippen molar-refractivity contribution >= 4 is 11.9 Å².